The number of fused-ring (bicyclic) bond motifs is 4. The van der Waals surface area contributed by atoms with Gasteiger partial charge in [-0.2, -0.15) is 0 Å². The minimum atomic E-state index is -0.225. The molecule has 32 heavy (non-hydrogen) atoms. The Morgan fingerprint density at radius 3 is 2.12 bits per heavy atom. The summed E-state index contributed by atoms with van der Waals surface area (Å²) in [6, 6.07) is 22.3. The molecule has 4 aromatic rings. The summed E-state index contributed by atoms with van der Waals surface area (Å²) in [7, 11) is 3.39. The minimum absolute atomic E-state index is 0.225. The number of phenolic OH excluding ortho intramolecular Hbond substituents is 1. The van der Waals surface area contributed by atoms with Gasteiger partial charge in [-0.15, -0.1) is 0 Å². The number of hydrogen-bond donors (Lipinski definition) is 1. The van der Waals surface area contributed by atoms with Gasteiger partial charge >= 0.3 is 0 Å². The van der Waals surface area contributed by atoms with Gasteiger partial charge in [-0.3, -0.25) is 0 Å². The van der Waals surface area contributed by atoms with Crippen LogP contribution < -0.4 is 9.47 Å². The molecule has 0 unspecified atom stereocenters. The van der Waals surface area contributed by atoms with Gasteiger partial charge in [0, 0.05) is 5.41 Å². The van der Waals surface area contributed by atoms with Crippen molar-refractivity contribution in [2.24, 2.45) is 0 Å². The van der Waals surface area contributed by atoms with E-state index >= 15 is 0 Å². The lowest BCUT2D eigenvalue weighted by atomic mass is 9.77. The Kier molecular flexibility index (Phi) is 5.60. The Hall–Kier alpha value is -3.46. The van der Waals surface area contributed by atoms with Crippen LogP contribution in [0.1, 0.15) is 38.8 Å². The summed E-state index contributed by atoms with van der Waals surface area (Å²) in [5.74, 6) is 1.94. The lowest BCUT2D eigenvalue weighted by Gasteiger charge is -2.26. The van der Waals surface area contributed by atoms with Crippen molar-refractivity contribution in [3.63, 3.8) is 0 Å². The van der Waals surface area contributed by atoms with Crippen molar-refractivity contribution in [1.29, 1.82) is 0 Å². The molecule has 0 saturated heterocycles. The van der Waals surface area contributed by atoms with Gasteiger partial charge < -0.3 is 14.6 Å². The summed E-state index contributed by atoms with van der Waals surface area (Å²) in [5.41, 5.74) is 6.88. The van der Waals surface area contributed by atoms with Crippen LogP contribution >= 0.6 is 0 Å². The van der Waals surface area contributed by atoms with E-state index in [1.807, 2.05) is 38.1 Å². The van der Waals surface area contributed by atoms with E-state index in [1.165, 1.54) is 22.3 Å². The maximum atomic E-state index is 10.2. The smallest absolute Gasteiger partial charge is 0.119 e. The molecule has 1 aliphatic carbocycles. The Labute approximate surface area is 190 Å². The molecule has 0 atom stereocenters. The number of hydrogen-bond acceptors (Lipinski definition) is 3. The molecule has 1 N–H and O–H groups in total. The largest absolute Gasteiger partial charge is 0.508 e. The molecule has 0 fully saturated rings. The number of benzene rings is 4. The molecule has 0 bridgehead atoms. The molecule has 0 saturated carbocycles. The van der Waals surface area contributed by atoms with Crippen molar-refractivity contribution in [2.45, 2.75) is 33.1 Å². The first-order chi connectivity index (χ1) is 15.4. The van der Waals surface area contributed by atoms with Gasteiger partial charge in [0.05, 0.1) is 14.2 Å². The molecule has 4 aromatic carbocycles. The normalized spacial score (nSPS) is 13.1. The summed E-state index contributed by atoms with van der Waals surface area (Å²) in [6.45, 7) is 8.52. The van der Waals surface area contributed by atoms with Crippen LogP contribution in [0.4, 0.5) is 0 Å². The molecule has 5 rings (SSSR count). The molecule has 0 amide bonds. The highest BCUT2D eigenvalue weighted by molar-refractivity contribution is 6.06. The van der Waals surface area contributed by atoms with Crippen LogP contribution in [0.3, 0.4) is 0 Å². The lowest BCUT2D eigenvalue weighted by molar-refractivity contribution is 0.413. The summed E-state index contributed by atoms with van der Waals surface area (Å²) in [6.07, 6.45) is 0. The third-order valence-electron chi connectivity index (χ3n) is 6.30. The van der Waals surface area contributed by atoms with E-state index in [-0.39, 0.29) is 11.2 Å². The van der Waals surface area contributed by atoms with Crippen LogP contribution in [-0.4, -0.2) is 19.3 Å². The maximum absolute atomic E-state index is 10.2. The van der Waals surface area contributed by atoms with Gasteiger partial charge in [0.15, 0.2) is 0 Å². The molecule has 3 nitrogen and oxygen atoms in total. The average Bonchev–Trinajstić information content (AvgIpc) is 3.04. The molecule has 0 heterocycles. The maximum Gasteiger partial charge on any atom is 0.119 e. The molecule has 0 aromatic heterocycles. The Morgan fingerprint density at radius 2 is 1.44 bits per heavy atom. The van der Waals surface area contributed by atoms with Crippen LogP contribution in [0.25, 0.3) is 33.0 Å². The van der Waals surface area contributed by atoms with Crippen molar-refractivity contribution < 1.29 is 14.6 Å². The van der Waals surface area contributed by atoms with E-state index in [0.717, 1.165) is 33.4 Å². The molecule has 0 aliphatic heterocycles. The first-order valence-electron chi connectivity index (χ1n) is 11.1. The summed E-state index contributed by atoms with van der Waals surface area (Å²) in [4.78, 5) is 0. The topological polar surface area (TPSA) is 38.7 Å². The first kappa shape index (κ1) is 21.8. The van der Waals surface area contributed by atoms with E-state index in [4.69, 9.17) is 9.47 Å². The van der Waals surface area contributed by atoms with E-state index in [2.05, 4.69) is 50.2 Å². The molecular formula is C29H30O3. The number of rotatable bonds is 3. The molecule has 3 heteroatoms. The van der Waals surface area contributed by atoms with Crippen molar-refractivity contribution in [2.75, 3.05) is 14.2 Å². The predicted octanol–water partition coefficient (Wildman–Crippen LogP) is 7.56. The Bertz CT molecular complexity index is 1300. The zero-order chi connectivity index (χ0) is 23.0. The quantitative estimate of drug-likeness (QED) is 0.367. The third kappa shape index (κ3) is 3.29. The molecule has 0 radical (unpaired) electrons. The van der Waals surface area contributed by atoms with Crippen LogP contribution in [-0.2, 0) is 5.41 Å². The van der Waals surface area contributed by atoms with Crippen LogP contribution in [0, 0.1) is 0 Å². The van der Waals surface area contributed by atoms with Crippen LogP contribution in [0.15, 0.2) is 66.7 Å². The molecule has 1 aliphatic rings. The van der Waals surface area contributed by atoms with E-state index < -0.39 is 0 Å². The van der Waals surface area contributed by atoms with E-state index in [9.17, 15) is 5.11 Å². The third-order valence-corrected chi connectivity index (χ3v) is 6.30. The predicted molar refractivity (Wildman–Crippen MR) is 133 cm³/mol. The second-order valence-corrected chi connectivity index (χ2v) is 8.35. The average molecular weight is 427 g/mol. The van der Waals surface area contributed by atoms with Gasteiger partial charge in [-0.05, 0) is 86.6 Å². The number of ether oxygens (including phenoxy) is 2. The van der Waals surface area contributed by atoms with Crippen molar-refractivity contribution in [3.05, 3.63) is 77.9 Å². The second-order valence-electron chi connectivity index (χ2n) is 8.35. The fourth-order valence-electron chi connectivity index (χ4n) is 4.86. The highest BCUT2D eigenvalue weighted by Gasteiger charge is 2.39. The van der Waals surface area contributed by atoms with Crippen molar-refractivity contribution in [1.82, 2.24) is 0 Å². The number of phenols is 1. The van der Waals surface area contributed by atoms with Crippen molar-refractivity contribution in [3.8, 4) is 39.5 Å². The monoisotopic (exact) mass is 426 g/mol. The highest BCUT2D eigenvalue weighted by atomic mass is 16.5. The minimum Gasteiger partial charge on any atom is -0.508 e. The number of aromatic hydroxyl groups is 1. The second kappa shape index (κ2) is 8.23. The fraction of sp³-hybridized carbons (Fsp3) is 0.241. The van der Waals surface area contributed by atoms with Gasteiger partial charge in [-0.25, -0.2) is 0 Å². The lowest BCUT2D eigenvalue weighted by Crippen LogP contribution is -2.16. The number of methoxy groups -OCH3 is 2. The summed E-state index contributed by atoms with van der Waals surface area (Å²) < 4.78 is 11.1. The van der Waals surface area contributed by atoms with E-state index in [1.54, 1.807) is 20.3 Å². The van der Waals surface area contributed by atoms with Crippen LogP contribution in [0.2, 0.25) is 0 Å². The van der Waals surface area contributed by atoms with E-state index in [0.29, 0.717) is 0 Å². The molecule has 0 spiro atoms. The molecular weight excluding hydrogens is 396 g/mol. The van der Waals surface area contributed by atoms with Gasteiger partial charge in [0.2, 0.25) is 0 Å². The zero-order valence-corrected chi connectivity index (χ0v) is 19.6. The zero-order valence-electron chi connectivity index (χ0n) is 19.6. The standard InChI is InChI=1S/C27H24O3.C2H6/c1-27(2)24-15-20(30-4)10-11-21(24)23-13-16-8-9-19(29-3)14-22(16)25(26(23)27)17-6-5-7-18(28)12-17;1-2/h5-15,28H,1-4H3;1-2H3. The van der Waals surface area contributed by atoms with Crippen molar-refractivity contribution >= 4 is 10.8 Å². The first-order valence-corrected chi connectivity index (χ1v) is 11.1. The van der Waals surface area contributed by atoms with Gasteiger partial charge in [0.25, 0.3) is 0 Å². The summed E-state index contributed by atoms with van der Waals surface area (Å²) in [5, 5.41) is 12.5. The van der Waals surface area contributed by atoms with Gasteiger partial charge in [-0.1, -0.05) is 52.0 Å². The fourth-order valence-corrected chi connectivity index (χ4v) is 4.86. The highest BCUT2D eigenvalue weighted by Crippen LogP contribution is 2.55. The summed E-state index contributed by atoms with van der Waals surface area (Å²) >= 11 is 0. The SMILES string of the molecule is CC.COc1ccc2c(c1)C(C)(C)c1c-2cc2ccc(OC)cc2c1-c1cccc(O)c1. The Balaban J connectivity index is 0.00000119. The van der Waals surface area contributed by atoms with Crippen LogP contribution in [0.5, 0.6) is 17.2 Å². The Morgan fingerprint density at radius 1 is 0.750 bits per heavy atom. The molecule has 164 valence electrons. The van der Waals surface area contributed by atoms with Gasteiger partial charge in [0.1, 0.15) is 17.2 Å².